The zero-order chi connectivity index (χ0) is 11.4. The molecular formula is C7H9Cl2N3O2Pt-4. The third-order valence-corrected chi connectivity index (χ3v) is 0.927. The SMILES string of the molecule is O=N[O-].[CH3-].[Cl][Pt][Cl].[NH-]c1ccccc1[NH-]. The van der Waals surface area contributed by atoms with E-state index in [1.165, 1.54) is 0 Å². The molecule has 15 heavy (non-hydrogen) atoms. The molecule has 1 aromatic rings. The molecule has 2 N–H and O–H groups in total. The second kappa shape index (κ2) is 15.9. The molecule has 0 amide bonds. The van der Waals surface area contributed by atoms with Crippen molar-refractivity contribution >= 4 is 30.2 Å². The Labute approximate surface area is 105 Å². The zero-order valence-corrected chi connectivity index (χ0v) is 11.4. The number of nitrogens with one attached hydrogen (secondary N) is 2. The molecule has 0 aliphatic heterocycles. The van der Waals surface area contributed by atoms with E-state index in [0.29, 0.717) is 0 Å². The summed E-state index contributed by atoms with van der Waals surface area (Å²) in [6.45, 7) is 0. The van der Waals surface area contributed by atoms with Crippen LogP contribution in [0.25, 0.3) is 11.5 Å². The quantitative estimate of drug-likeness (QED) is 0.322. The molecule has 0 atom stereocenters. The first-order chi connectivity index (χ1) is 6.63. The molecule has 0 bridgehead atoms. The molecule has 92 valence electrons. The zero-order valence-electron chi connectivity index (χ0n) is 7.65. The average molecular weight is 433 g/mol. The summed E-state index contributed by atoms with van der Waals surface area (Å²) in [7, 11) is 9.75. The number of rotatable bonds is 0. The molecule has 0 radical (unpaired) electrons. The summed E-state index contributed by atoms with van der Waals surface area (Å²) in [4.78, 5) is 8.00. The Hall–Kier alpha value is -0.512. The maximum atomic E-state index is 8.00. The Morgan fingerprint density at radius 2 is 1.40 bits per heavy atom. The van der Waals surface area contributed by atoms with E-state index in [1.807, 2.05) is 0 Å². The molecule has 1 aromatic carbocycles. The van der Waals surface area contributed by atoms with Gasteiger partial charge in [0.2, 0.25) is 0 Å². The van der Waals surface area contributed by atoms with Crippen molar-refractivity contribution in [1.82, 2.24) is 0 Å². The standard InChI is InChI=1S/C6H6N2.CH3.2ClH.HNO2.Pt/c7-5-3-1-2-4-6(5)8;;;;2-1-3;/h1-4,7-8H;1H3;2*1H;(H,2,3);/q-2;-1;;;;+2/p-3. The van der Waals surface area contributed by atoms with Gasteiger partial charge in [-0.2, -0.15) is 11.4 Å². The molecular weight excluding hydrogens is 424 g/mol. The molecule has 5 nitrogen and oxygen atoms in total. The van der Waals surface area contributed by atoms with E-state index in [-0.39, 0.29) is 18.8 Å². The maximum absolute atomic E-state index is 8.00. The van der Waals surface area contributed by atoms with Gasteiger partial charge in [-0.1, -0.05) is 24.3 Å². The molecule has 0 saturated heterocycles. The summed E-state index contributed by atoms with van der Waals surface area (Å²) in [5.74, 6) is 0. The van der Waals surface area contributed by atoms with Crippen molar-refractivity contribution in [2.75, 3.05) is 0 Å². The van der Waals surface area contributed by atoms with Crippen LogP contribution in [0.3, 0.4) is 0 Å². The minimum absolute atomic E-state index is 0. The first-order valence-corrected chi connectivity index (χ1v) is 8.56. The number of halogens is 2. The van der Waals surface area contributed by atoms with Crippen LogP contribution >= 0.6 is 18.8 Å². The Kier molecular flexibility index (Phi) is 21.2. The van der Waals surface area contributed by atoms with Gasteiger partial charge in [0.1, 0.15) is 0 Å². The van der Waals surface area contributed by atoms with Crippen molar-refractivity contribution in [3.63, 3.8) is 0 Å². The molecule has 0 unspecified atom stereocenters. The van der Waals surface area contributed by atoms with E-state index in [1.54, 1.807) is 24.3 Å². The van der Waals surface area contributed by atoms with Gasteiger partial charge in [0.25, 0.3) is 0 Å². The molecule has 0 fully saturated rings. The van der Waals surface area contributed by atoms with E-state index in [2.05, 4.69) is 0 Å². The Morgan fingerprint density at radius 1 is 1.20 bits per heavy atom. The predicted octanol–water partition coefficient (Wildman–Crippen LogP) is 5.13. The number of nitrogens with zero attached hydrogens (tertiary/aromatic N) is 1. The van der Waals surface area contributed by atoms with Crippen LogP contribution in [0.2, 0.25) is 0 Å². The van der Waals surface area contributed by atoms with Crippen molar-refractivity contribution in [2.24, 2.45) is 5.34 Å². The largest absolute Gasteiger partial charge is 0.700 e. The molecule has 0 spiro atoms. The third kappa shape index (κ3) is 16.2. The Balaban J connectivity index is -0.000000177. The maximum Gasteiger partial charge on any atom is -0.0636 e. The fraction of sp³-hybridized carbons (Fsp3) is 0. The summed E-state index contributed by atoms with van der Waals surface area (Å²) in [5, 5.41) is 9.00. The van der Waals surface area contributed by atoms with E-state index in [0.717, 1.165) is 5.34 Å². The van der Waals surface area contributed by atoms with Crippen molar-refractivity contribution in [3.05, 3.63) is 53.3 Å². The number of benzene rings is 1. The summed E-state index contributed by atoms with van der Waals surface area (Å²) >= 11 is -0.472. The van der Waals surface area contributed by atoms with Gasteiger partial charge < -0.3 is 29.0 Å². The first kappa shape index (κ1) is 20.0. The van der Waals surface area contributed by atoms with Crippen LogP contribution in [0.15, 0.2) is 29.6 Å². The van der Waals surface area contributed by atoms with Gasteiger partial charge >= 0.3 is 35.3 Å². The molecule has 0 aliphatic carbocycles. The van der Waals surface area contributed by atoms with Crippen molar-refractivity contribution in [2.45, 2.75) is 0 Å². The van der Waals surface area contributed by atoms with Gasteiger partial charge in [0.05, 0.1) is 0 Å². The molecule has 0 aliphatic rings. The van der Waals surface area contributed by atoms with E-state index >= 15 is 0 Å². The van der Waals surface area contributed by atoms with Crippen LogP contribution in [0.4, 0.5) is 11.4 Å². The van der Waals surface area contributed by atoms with Gasteiger partial charge in [-0.3, -0.25) is 0 Å². The van der Waals surface area contributed by atoms with Crippen LogP contribution in [0.1, 0.15) is 0 Å². The predicted molar refractivity (Wildman–Crippen MR) is 61.7 cm³/mol. The average Bonchev–Trinajstić information content (AvgIpc) is 2.13. The van der Waals surface area contributed by atoms with Crippen molar-refractivity contribution < 1.29 is 16.5 Å². The van der Waals surface area contributed by atoms with Gasteiger partial charge in [-0.05, 0) is 0 Å². The van der Waals surface area contributed by atoms with E-state index < -0.39 is 16.5 Å². The van der Waals surface area contributed by atoms with Gasteiger partial charge in [-0.25, -0.2) is 0 Å². The fourth-order valence-electron chi connectivity index (χ4n) is 0.483. The summed E-state index contributed by atoms with van der Waals surface area (Å²) in [6.07, 6.45) is 0. The number of hydrogen-bond donors (Lipinski definition) is 0. The second-order valence-electron chi connectivity index (χ2n) is 1.67. The van der Waals surface area contributed by atoms with Crippen LogP contribution < -0.4 is 0 Å². The van der Waals surface area contributed by atoms with Gasteiger partial charge in [0, 0.05) is 0 Å². The summed E-state index contributed by atoms with van der Waals surface area (Å²) in [6, 6.07) is 6.70. The summed E-state index contributed by atoms with van der Waals surface area (Å²) in [5.41, 5.74) is 14.6. The number of hydrogen-bond acceptors (Lipinski definition) is 3. The minimum Gasteiger partial charge on any atom is -0.700 e. The smallest absolute Gasteiger partial charge is 0.0636 e. The monoisotopic (exact) mass is 432 g/mol. The van der Waals surface area contributed by atoms with Gasteiger partial charge in [0.15, 0.2) is 0 Å². The first-order valence-electron chi connectivity index (χ1n) is 2.93. The topological polar surface area (TPSA) is 100 Å². The molecule has 1 rings (SSSR count). The van der Waals surface area contributed by atoms with Crippen molar-refractivity contribution in [1.29, 1.82) is 0 Å². The molecule has 0 aromatic heterocycles. The second-order valence-corrected chi connectivity index (χ2v) is 4.95. The molecule has 0 saturated carbocycles. The minimum atomic E-state index is -0.472. The summed E-state index contributed by atoms with van der Waals surface area (Å²) < 4.78 is 0. The fourth-order valence-corrected chi connectivity index (χ4v) is 0.483. The van der Waals surface area contributed by atoms with E-state index in [4.69, 9.17) is 40.4 Å². The third-order valence-electron chi connectivity index (χ3n) is 0.927. The molecule has 0 heterocycles. The van der Waals surface area contributed by atoms with Gasteiger partial charge in [-0.15, -0.1) is 5.34 Å². The van der Waals surface area contributed by atoms with Crippen LogP contribution in [-0.2, 0) is 16.5 Å². The van der Waals surface area contributed by atoms with E-state index in [9.17, 15) is 0 Å². The normalized spacial score (nSPS) is 7.07. The van der Waals surface area contributed by atoms with Crippen LogP contribution in [0, 0.1) is 17.5 Å². The molecule has 8 heteroatoms. The van der Waals surface area contributed by atoms with Crippen LogP contribution in [-0.4, -0.2) is 0 Å². The van der Waals surface area contributed by atoms with Crippen LogP contribution in [0.5, 0.6) is 0 Å². The Morgan fingerprint density at radius 3 is 1.53 bits per heavy atom. The Bertz CT molecular complexity index is 232. The van der Waals surface area contributed by atoms with Crippen molar-refractivity contribution in [3.8, 4) is 0 Å².